The van der Waals surface area contributed by atoms with Gasteiger partial charge >= 0.3 is 0 Å². The zero-order chi connectivity index (χ0) is 9.64. The maximum Gasteiger partial charge on any atom is 0.177 e. The summed E-state index contributed by atoms with van der Waals surface area (Å²) in [5.74, 6) is 0. The molecule has 3 nitrogen and oxygen atoms in total. The average Bonchev–Trinajstić information content (AvgIpc) is 2.92. The second-order valence-electron chi connectivity index (χ2n) is 2.57. The highest BCUT2D eigenvalue weighted by Crippen LogP contribution is 2.01. The van der Waals surface area contributed by atoms with Gasteiger partial charge in [-0.1, -0.05) is 12.1 Å². The fourth-order valence-corrected chi connectivity index (χ4v) is 1.46. The number of rotatable bonds is 0. The summed E-state index contributed by atoms with van der Waals surface area (Å²) in [7, 11) is 0. The Morgan fingerprint density at radius 2 is 1.93 bits per heavy atom. The molecule has 3 aromatic rings. The van der Waals surface area contributed by atoms with Crippen LogP contribution in [-0.2, 0) is 0 Å². The van der Waals surface area contributed by atoms with E-state index in [-0.39, 0.29) is 0 Å². The second-order valence-corrected chi connectivity index (χ2v) is 3.39. The predicted octanol–water partition coefficient (Wildman–Crippen LogP) is 2.71. The summed E-state index contributed by atoms with van der Waals surface area (Å²) < 4.78 is 0. The number of hydrogen-bond donors (Lipinski definition) is 1. The van der Waals surface area contributed by atoms with E-state index in [0.717, 1.165) is 11.2 Å². The van der Waals surface area contributed by atoms with Crippen molar-refractivity contribution in [2.75, 3.05) is 0 Å². The Morgan fingerprint density at radius 3 is 2.57 bits per heavy atom. The Labute approximate surface area is 85.5 Å². The van der Waals surface area contributed by atoms with Crippen molar-refractivity contribution in [1.82, 2.24) is 15.0 Å². The van der Waals surface area contributed by atoms with Crippen LogP contribution < -0.4 is 0 Å². The van der Waals surface area contributed by atoms with Gasteiger partial charge in [0.1, 0.15) is 0 Å². The zero-order valence-electron chi connectivity index (χ0n) is 7.42. The maximum atomic E-state index is 4.00. The fourth-order valence-electron chi connectivity index (χ4n) is 1.00. The van der Waals surface area contributed by atoms with Crippen molar-refractivity contribution in [1.29, 1.82) is 0 Å². The molecule has 1 N–H and O–H groups in total. The van der Waals surface area contributed by atoms with Gasteiger partial charge in [0.2, 0.25) is 0 Å². The number of pyridine rings is 1. The third-order valence-electron chi connectivity index (χ3n) is 1.62. The minimum atomic E-state index is 0.775. The van der Waals surface area contributed by atoms with Crippen molar-refractivity contribution in [3.05, 3.63) is 47.5 Å². The lowest BCUT2D eigenvalue weighted by Gasteiger charge is -1.80. The Kier molecular flexibility index (Phi) is 2.88. The van der Waals surface area contributed by atoms with Gasteiger partial charge < -0.3 is 4.98 Å². The number of nitrogens with zero attached hydrogens (tertiary/aromatic N) is 2. The van der Waals surface area contributed by atoms with E-state index in [9.17, 15) is 0 Å². The molecule has 0 fully saturated rings. The lowest BCUT2D eigenvalue weighted by Crippen LogP contribution is -1.71. The van der Waals surface area contributed by atoms with Gasteiger partial charge in [-0.15, -0.1) is 0 Å². The van der Waals surface area contributed by atoms with Gasteiger partial charge in [0, 0.05) is 6.20 Å². The smallest absolute Gasteiger partial charge is 0.177 e. The molecule has 0 atom stereocenters. The van der Waals surface area contributed by atoms with E-state index in [1.165, 1.54) is 0 Å². The van der Waals surface area contributed by atoms with Crippen molar-refractivity contribution in [3.63, 3.8) is 0 Å². The van der Waals surface area contributed by atoms with Gasteiger partial charge in [-0.2, -0.15) is 11.3 Å². The number of hydrogen-bond acceptors (Lipinski definition) is 3. The molecule has 3 aromatic heterocycles. The standard InChI is InChI=1S/C6H5N3.C4H4S/c1-2-5-6(7-3-1)9-4-8-5;1-2-4-5-3-1/h1-4H,(H,7,8,9);1-4H. The van der Waals surface area contributed by atoms with Crippen molar-refractivity contribution in [2.24, 2.45) is 0 Å². The Hall–Kier alpha value is -1.68. The van der Waals surface area contributed by atoms with Gasteiger partial charge in [-0.05, 0) is 22.9 Å². The quantitative estimate of drug-likeness (QED) is 0.610. The summed E-state index contributed by atoms with van der Waals surface area (Å²) in [6.45, 7) is 0. The molecule has 0 aromatic carbocycles. The third-order valence-corrected chi connectivity index (χ3v) is 2.25. The minimum absolute atomic E-state index is 0.775. The van der Waals surface area contributed by atoms with Crippen molar-refractivity contribution in [3.8, 4) is 0 Å². The summed E-state index contributed by atoms with van der Waals surface area (Å²) in [4.78, 5) is 10.9. The molecule has 14 heavy (non-hydrogen) atoms. The molecule has 0 radical (unpaired) electrons. The van der Waals surface area contributed by atoms with Gasteiger partial charge in [-0.3, -0.25) is 0 Å². The molecule has 0 amide bonds. The molecule has 70 valence electrons. The van der Waals surface area contributed by atoms with Crippen molar-refractivity contribution < 1.29 is 0 Å². The number of aromatic amines is 1. The number of H-pyrrole nitrogens is 1. The molecular weight excluding hydrogens is 194 g/mol. The van der Waals surface area contributed by atoms with Crippen molar-refractivity contribution in [2.45, 2.75) is 0 Å². The van der Waals surface area contributed by atoms with Crippen LogP contribution in [0.5, 0.6) is 0 Å². The Balaban J connectivity index is 0.000000128. The first-order valence-corrected chi connectivity index (χ1v) is 5.12. The highest BCUT2D eigenvalue weighted by molar-refractivity contribution is 7.07. The van der Waals surface area contributed by atoms with E-state index < -0.39 is 0 Å². The first kappa shape index (κ1) is 8.90. The van der Waals surface area contributed by atoms with E-state index in [4.69, 9.17) is 0 Å². The van der Waals surface area contributed by atoms with Gasteiger partial charge in [0.25, 0.3) is 0 Å². The van der Waals surface area contributed by atoms with Crippen LogP contribution >= 0.6 is 11.3 Å². The zero-order valence-corrected chi connectivity index (χ0v) is 8.24. The highest BCUT2D eigenvalue weighted by Gasteiger charge is 1.90. The van der Waals surface area contributed by atoms with Crippen LogP contribution in [-0.4, -0.2) is 15.0 Å². The first-order valence-electron chi connectivity index (χ1n) is 4.18. The van der Waals surface area contributed by atoms with Crippen LogP contribution in [0.25, 0.3) is 11.2 Å². The van der Waals surface area contributed by atoms with Gasteiger partial charge in [0.15, 0.2) is 5.65 Å². The molecule has 0 aliphatic carbocycles. The lowest BCUT2D eigenvalue weighted by atomic mass is 10.4. The number of aromatic nitrogens is 3. The van der Waals surface area contributed by atoms with E-state index in [2.05, 4.69) is 15.0 Å². The predicted molar refractivity (Wildman–Crippen MR) is 58.2 cm³/mol. The van der Waals surface area contributed by atoms with Crippen LogP contribution in [0.4, 0.5) is 0 Å². The molecule has 0 saturated heterocycles. The van der Waals surface area contributed by atoms with E-state index in [1.807, 2.05) is 35.0 Å². The average molecular weight is 203 g/mol. The van der Waals surface area contributed by atoms with Crippen LogP contribution in [0.1, 0.15) is 0 Å². The summed E-state index contributed by atoms with van der Waals surface area (Å²) in [6, 6.07) is 7.85. The normalized spacial score (nSPS) is 9.43. The molecule has 0 aliphatic heterocycles. The summed E-state index contributed by atoms with van der Waals surface area (Å²) in [5.41, 5.74) is 1.76. The molecule has 0 saturated carbocycles. The number of imidazole rings is 1. The van der Waals surface area contributed by atoms with Gasteiger partial charge in [-0.25, -0.2) is 9.97 Å². The highest BCUT2D eigenvalue weighted by atomic mass is 32.1. The molecule has 0 bridgehead atoms. The van der Waals surface area contributed by atoms with Crippen LogP contribution in [0.15, 0.2) is 47.5 Å². The SMILES string of the molecule is c1ccsc1.c1cnc2nc[nH]c2c1. The summed E-state index contributed by atoms with van der Waals surface area (Å²) in [5, 5.41) is 4.08. The topological polar surface area (TPSA) is 41.6 Å². The lowest BCUT2D eigenvalue weighted by molar-refractivity contribution is 1.30. The number of nitrogens with one attached hydrogen (secondary N) is 1. The fraction of sp³-hybridized carbons (Fsp3) is 0. The largest absolute Gasteiger partial charge is 0.343 e. The maximum absolute atomic E-state index is 4.00. The minimum Gasteiger partial charge on any atom is -0.343 e. The molecule has 0 unspecified atom stereocenters. The molecule has 0 aliphatic rings. The first-order chi connectivity index (χ1) is 6.97. The van der Waals surface area contributed by atoms with E-state index >= 15 is 0 Å². The van der Waals surface area contributed by atoms with Crippen LogP contribution in [0.2, 0.25) is 0 Å². The van der Waals surface area contributed by atoms with Crippen LogP contribution in [0, 0.1) is 0 Å². The number of fused-ring (bicyclic) bond motifs is 1. The van der Waals surface area contributed by atoms with Crippen molar-refractivity contribution >= 4 is 22.5 Å². The summed E-state index contributed by atoms with van der Waals surface area (Å²) in [6.07, 6.45) is 3.36. The second kappa shape index (κ2) is 4.53. The third kappa shape index (κ3) is 2.17. The van der Waals surface area contributed by atoms with E-state index in [1.54, 1.807) is 23.9 Å². The Bertz CT molecular complexity index is 425. The molecule has 4 heteroatoms. The monoisotopic (exact) mass is 203 g/mol. The summed E-state index contributed by atoms with van der Waals surface area (Å²) >= 11 is 1.71. The van der Waals surface area contributed by atoms with Gasteiger partial charge in [0.05, 0.1) is 11.8 Å². The molecule has 3 heterocycles. The molecule has 0 spiro atoms. The molecular formula is C10H9N3S. The number of thiophene rings is 1. The van der Waals surface area contributed by atoms with E-state index in [0.29, 0.717) is 0 Å². The Morgan fingerprint density at radius 1 is 1.07 bits per heavy atom. The van der Waals surface area contributed by atoms with Crippen LogP contribution in [0.3, 0.4) is 0 Å². The molecule has 3 rings (SSSR count).